The number of nitrogens with one attached hydrogen (secondary N) is 2. The molecule has 0 saturated heterocycles. The zero-order valence-electron chi connectivity index (χ0n) is 16.0. The normalized spacial score (nSPS) is 11.3. The van der Waals surface area contributed by atoms with Gasteiger partial charge >= 0.3 is 0 Å². The summed E-state index contributed by atoms with van der Waals surface area (Å²) < 4.78 is 32.7. The Morgan fingerprint density at radius 3 is 2.40 bits per heavy atom. The Morgan fingerprint density at radius 2 is 1.70 bits per heavy atom. The van der Waals surface area contributed by atoms with Gasteiger partial charge < -0.3 is 10.1 Å². The topological polar surface area (TPSA) is 84.5 Å². The van der Waals surface area contributed by atoms with Crippen LogP contribution < -0.4 is 14.8 Å². The average molecular weight is 443 g/mol. The highest BCUT2D eigenvalue weighted by molar-refractivity contribution is 7.92. The summed E-state index contributed by atoms with van der Waals surface area (Å²) in [5.74, 6) is 0.303. The summed E-state index contributed by atoms with van der Waals surface area (Å²) in [6, 6.07) is 19.6. The number of hydrogen-bond donors (Lipinski definition) is 2. The minimum atomic E-state index is -3.78. The molecule has 0 bridgehead atoms. The highest BCUT2D eigenvalue weighted by Gasteiger charge is 2.14. The van der Waals surface area contributed by atoms with Gasteiger partial charge in [-0.1, -0.05) is 35.9 Å². The molecule has 2 N–H and O–H groups in total. The van der Waals surface area contributed by atoms with Gasteiger partial charge in [-0.25, -0.2) is 8.42 Å². The number of carbonyl (C=O) groups is 1. The highest BCUT2D eigenvalue weighted by atomic mass is 35.5. The van der Waals surface area contributed by atoms with Crippen LogP contribution in [0.4, 0.5) is 11.4 Å². The van der Waals surface area contributed by atoms with Gasteiger partial charge in [0, 0.05) is 22.3 Å². The molecule has 0 aliphatic rings. The number of hydrogen-bond acceptors (Lipinski definition) is 4. The van der Waals surface area contributed by atoms with Crippen molar-refractivity contribution in [1.29, 1.82) is 0 Å². The van der Waals surface area contributed by atoms with Crippen LogP contribution in [0.1, 0.15) is 5.56 Å². The van der Waals surface area contributed by atoms with E-state index in [9.17, 15) is 13.2 Å². The lowest BCUT2D eigenvalue weighted by Crippen LogP contribution is -2.13. The van der Waals surface area contributed by atoms with Gasteiger partial charge in [-0.05, 0) is 54.6 Å². The lowest BCUT2D eigenvalue weighted by molar-refractivity contribution is -0.111. The molecule has 8 heteroatoms. The molecule has 6 nitrogen and oxygen atoms in total. The second kappa shape index (κ2) is 9.47. The van der Waals surface area contributed by atoms with Crippen LogP contribution in [0.25, 0.3) is 6.08 Å². The van der Waals surface area contributed by atoms with E-state index in [0.29, 0.717) is 22.1 Å². The first kappa shape index (κ1) is 21.4. The predicted octanol–water partition coefficient (Wildman–Crippen LogP) is 4.80. The number of halogens is 1. The number of methoxy groups -OCH3 is 1. The molecule has 1 amide bonds. The Labute approximate surface area is 180 Å². The van der Waals surface area contributed by atoms with Crippen LogP contribution in [0.15, 0.2) is 83.8 Å². The Kier molecular flexibility index (Phi) is 6.76. The number of para-hydroxylation sites is 1. The van der Waals surface area contributed by atoms with E-state index in [2.05, 4.69) is 10.0 Å². The molecule has 3 aromatic rings. The van der Waals surface area contributed by atoms with Crippen molar-refractivity contribution >= 4 is 45.0 Å². The molecular weight excluding hydrogens is 424 g/mol. The van der Waals surface area contributed by atoms with Crippen molar-refractivity contribution in [3.05, 3.63) is 89.5 Å². The summed E-state index contributed by atoms with van der Waals surface area (Å²) in [5.41, 5.74) is 1.59. The molecule has 3 aromatic carbocycles. The smallest absolute Gasteiger partial charge is 0.261 e. The van der Waals surface area contributed by atoms with Gasteiger partial charge in [0.25, 0.3) is 10.0 Å². The van der Waals surface area contributed by atoms with Gasteiger partial charge in [-0.2, -0.15) is 0 Å². The third-order valence-corrected chi connectivity index (χ3v) is 5.69. The molecule has 0 aliphatic heterocycles. The van der Waals surface area contributed by atoms with E-state index < -0.39 is 10.0 Å². The van der Waals surface area contributed by atoms with E-state index in [-0.39, 0.29) is 10.8 Å². The fraction of sp³-hybridized carbons (Fsp3) is 0.0455. The van der Waals surface area contributed by atoms with Crippen molar-refractivity contribution in [2.75, 3.05) is 17.1 Å². The summed E-state index contributed by atoms with van der Waals surface area (Å²) >= 11 is 5.88. The van der Waals surface area contributed by atoms with E-state index in [1.165, 1.54) is 36.4 Å². The molecule has 0 aromatic heterocycles. The number of benzene rings is 3. The summed E-state index contributed by atoms with van der Waals surface area (Å²) in [5, 5.41) is 3.11. The number of carbonyl (C=O) groups excluding carboxylic acids is 1. The standard InChI is InChI=1S/C22H19ClN2O4S/c1-29-21-8-3-2-5-16(21)9-14-22(26)24-18-10-12-20(13-11-18)30(27,28)25-19-7-4-6-17(23)15-19/h2-15,25H,1H3,(H,24,26)/b14-9+. The van der Waals surface area contributed by atoms with Crippen LogP contribution in [-0.2, 0) is 14.8 Å². The monoisotopic (exact) mass is 442 g/mol. The van der Waals surface area contributed by atoms with Crippen LogP contribution in [0, 0.1) is 0 Å². The molecule has 0 aliphatic carbocycles. The Hall–Kier alpha value is -3.29. The molecule has 0 atom stereocenters. The van der Waals surface area contributed by atoms with Gasteiger partial charge in [0.1, 0.15) is 5.75 Å². The Balaban J connectivity index is 1.66. The van der Waals surface area contributed by atoms with Gasteiger partial charge in [-0.3, -0.25) is 9.52 Å². The van der Waals surface area contributed by atoms with Crippen molar-refractivity contribution < 1.29 is 17.9 Å². The minimum Gasteiger partial charge on any atom is -0.496 e. The quantitative estimate of drug-likeness (QED) is 0.514. The lowest BCUT2D eigenvalue weighted by Gasteiger charge is -2.09. The zero-order valence-corrected chi connectivity index (χ0v) is 17.6. The third kappa shape index (κ3) is 5.62. The molecule has 0 unspecified atom stereocenters. The predicted molar refractivity (Wildman–Crippen MR) is 119 cm³/mol. The summed E-state index contributed by atoms with van der Waals surface area (Å²) in [4.78, 5) is 12.2. The molecule has 154 valence electrons. The molecule has 30 heavy (non-hydrogen) atoms. The number of anilines is 2. The first-order chi connectivity index (χ1) is 14.4. The van der Waals surface area contributed by atoms with E-state index in [4.69, 9.17) is 16.3 Å². The molecule has 0 spiro atoms. The van der Waals surface area contributed by atoms with Crippen LogP contribution in [0.5, 0.6) is 5.75 Å². The third-order valence-electron chi connectivity index (χ3n) is 4.06. The zero-order chi connectivity index (χ0) is 21.6. The van der Waals surface area contributed by atoms with Crippen molar-refractivity contribution in [3.8, 4) is 5.75 Å². The number of sulfonamides is 1. The Bertz CT molecular complexity index is 1180. The van der Waals surface area contributed by atoms with Crippen LogP contribution in [-0.4, -0.2) is 21.4 Å². The van der Waals surface area contributed by atoms with Gasteiger partial charge in [0.05, 0.1) is 17.7 Å². The second-order valence-electron chi connectivity index (χ2n) is 6.20. The van der Waals surface area contributed by atoms with Gasteiger partial charge in [0.2, 0.25) is 5.91 Å². The van der Waals surface area contributed by atoms with E-state index in [1.54, 1.807) is 37.5 Å². The maximum absolute atomic E-state index is 12.5. The minimum absolute atomic E-state index is 0.0602. The first-order valence-corrected chi connectivity index (χ1v) is 10.7. The summed E-state index contributed by atoms with van der Waals surface area (Å²) in [6.45, 7) is 0. The maximum Gasteiger partial charge on any atom is 0.261 e. The number of amides is 1. The lowest BCUT2D eigenvalue weighted by atomic mass is 10.2. The largest absolute Gasteiger partial charge is 0.496 e. The van der Waals surface area contributed by atoms with E-state index in [1.807, 2.05) is 18.2 Å². The van der Waals surface area contributed by atoms with Crippen molar-refractivity contribution in [3.63, 3.8) is 0 Å². The molecular formula is C22H19ClN2O4S. The van der Waals surface area contributed by atoms with E-state index >= 15 is 0 Å². The highest BCUT2D eigenvalue weighted by Crippen LogP contribution is 2.21. The van der Waals surface area contributed by atoms with Gasteiger partial charge in [0.15, 0.2) is 0 Å². The number of rotatable bonds is 7. The number of ether oxygens (including phenoxy) is 1. The molecule has 0 saturated carbocycles. The molecule has 3 rings (SSSR count). The second-order valence-corrected chi connectivity index (χ2v) is 8.32. The summed E-state index contributed by atoms with van der Waals surface area (Å²) in [7, 11) is -2.22. The van der Waals surface area contributed by atoms with E-state index in [0.717, 1.165) is 5.56 Å². The molecule has 0 heterocycles. The van der Waals surface area contributed by atoms with Crippen molar-refractivity contribution in [2.45, 2.75) is 4.90 Å². The molecule has 0 radical (unpaired) electrons. The van der Waals surface area contributed by atoms with Crippen LogP contribution in [0.2, 0.25) is 5.02 Å². The fourth-order valence-electron chi connectivity index (χ4n) is 2.64. The van der Waals surface area contributed by atoms with Gasteiger partial charge in [-0.15, -0.1) is 0 Å². The fourth-order valence-corrected chi connectivity index (χ4v) is 3.88. The Morgan fingerprint density at radius 1 is 0.967 bits per heavy atom. The average Bonchev–Trinajstić information content (AvgIpc) is 2.72. The maximum atomic E-state index is 12.5. The van der Waals surface area contributed by atoms with Crippen molar-refractivity contribution in [1.82, 2.24) is 0 Å². The SMILES string of the molecule is COc1ccccc1/C=C/C(=O)Nc1ccc(S(=O)(=O)Nc2cccc(Cl)c2)cc1. The summed E-state index contributed by atoms with van der Waals surface area (Å²) in [6.07, 6.45) is 3.02. The molecule has 0 fully saturated rings. The van der Waals surface area contributed by atoms with Crippen LogP contribution in [0.3, 0.4) is 0 Å². The van der Waals surface area contributed by atoms with Crippen LogP contribution >= 0.6 is 11.6 Å². The first-order valence-electron chi connectivity index (χ1n) is 8.88. The van der Waals surface area contributed by atoms with Crippen molar-refractivity contribution in [2.24, 2.45) is 0 Å².